The van der Waals surface area contributed by atoms with Crippen molar-refractivity contribution >= 4 is 29.4 Å². The Labute approximate surface area is 191 Å². The molecule has 0 aliphatic rings. The van der Waals surface area contributed by atoms with Crippen molar-refractivity contribution in [1.29, 1.82) is 0 Å². The van der Waals surface area contributed by atoms with E-state index in [-0.39, 0.29) is 10.1 Å². The van der Waals surface area contributed by atoms with Crippen molar-refractivity contribution in [2.45, 2.75) is 65.9 Å². The number of unbranched alkanes of at least 4 members (excludes halogenated alkanes) is 1. The van der Waals surface area contributed by atoms with Gasteiger partial charge in [-0.25, -0.2) is 0 Å². The van der Waals surface area contributed by atoms with E-state index < -0.39 is 0 Å². The number of halogens is 2. The lowest BCUT2D eigenvalue weighted by Crippen LogP contribution is -2.15. The van der Waals surface area contributed by atoms with Crippen molar-refractivity contribution in [2.75, 3.05) is 26.4 Å². The zero-order chi connectivity index (χ0) is 22.4. The summed E-state index contributed by atoms with van der Waals surface area (Å²) in [6.45, 7) is 12.2. The molecule has 0 fully saturated rings. The number of hydrogen-bond acceptors (Lipinski definition) is 5. The zero-order valence-electron chi connectivity index (χ0n) is 18.8. The molecule has 0 amide bonds. The second kappa shape index (κ2) is 14.6. The average Bonchev–Trinajstić information content (AvgIpc) is 2.68. The molecule has 0 radical (unpaired) electrons. The molecule has 7 heteroatoms. The number of aryl methyl sites for hydroxylation is 2. The van der Waals surface area contributed by atoms with E-state index in [1.54, 1.807) is 12.3 Å². The summed E-state index contributed by atoms with van der Waals surface area (Å²) in [7, 11) is 0. The summed E-state index contributed by atoms with van der Waals surface area (Å²) in [6.07, 6.45) is 6.83. The highest BCUT2D eigenvalue weighted by Gasteiger charge is 2.11. The van der Waals surface area contributed by atoms with Crippen molar-refractivity contribution in [3.8, 4) is 11.5 Å². The Bertz CT molecular complexity index is 655. The van der Waals surface area contributed by atoms with Gasteiger partial charge in [0.25, 0.3) is 0 Å². The molecule has 5 nitrogen and oxygen atoms in total. The summed E-state index contributed by atoms with van der Waals surface area (Å²) >= 11 is 11.3. The fourth-order valence-corrected chi connectivity index (χ4v) is 2.69. The first kappa shape index (κ1) is 26.6. The molecular weight excluding hydrogens is 425 g/mol. The lowest BCUT2D eigenvalue weighted by molar-refractivity contribution is 0.000658. The third-order valence-electron chi connectivity index (χ3n) is 3.99. The van der Waals surface area contributed by atoms with Crippen LogP contribution in [0.1, 0.15) is 58.6 Å². The van der Waals surface area contributed by atoms with Crippen LogP contribution >= 0.6 is 23.2 Å². The van der Waals surface area contributed by atoms with E-state index in [1.807, 2.05) is 32.9 Å². The third kappa shape index (κ3) is 11.7. The molecule has 0 heterocycles. The average molecular weight is 460 g/mol. The molecular formula is C23H35Cl2NO4. The van der Waals surface area contributed by atoms with Gasteiger partial charge in [0, 0.05) is 6.61 Å². The zero-order valence-corrected chi connectivity index (χ0v) is 20.3. The van der Waals surface area contributed by atoms with E-state index in [1.165, 1.54) is 0 Å². The van der Waals surface area contributed by atoms with Crippen LogP contribution in [-0.2, 0) is 22.4 Å². The molecule has 0 saturated carbocycles. The normalized spacial score (nSPS) is 11.6. The molecule has 0 aromatic heterocycles. The molecule has 0 spiro atoms. The molecule has 0 aliphatic heterocycles. The van der Waals surface area contributed by atoms with Crippen molar-refractivity contribution in [3.05, 3.63) is 33.8 Å². The quantitative estimate of drug-likeness (QED) is 0.181. The first-order chi connectivity index (χ1) is 14.3. The highest BCUT2D eigenvalue weighted by molar-refractivity contribution is 6.55. The molecule has 1 aromatic rings. The Balaban J connectivity index is 2.42. The maximum atomic E-state index is 6.12. The molecule has 170 valence electrons. The summed E-state index contributed by atoms with van der Waals surface area (Å²) in [5, 5.41) is 3.89. The number of hydrogen-bond donors (Lipinski definition) is 0. The van der Waals surface area contributed by atoms with Crippen LogP contribution in [0.25, 0.3) is 0 Å². The predicted octanol–water partition coefficient (Wildman–Crippen LogP) is 6.49. The van der Waals surface area contributed by atoms with Gasteiger partial charge in [0.2, 0.25) is 0 Å². The molecule has 0 bridgehead atoms. The van der Waals surface area contributed by atoms with Gasteiger partial charge >= 0.3 is 0 Å². The molecule has 0 saturated heterocycles. The molecule has 0 N–H and O–H groups in total. The maximum absolute atomic E-state index is 6.12. The van der Waals surface area contributed by atoms with E-state index in [9.17, 15) is 0 Å². The van der Waals surface area contributed by atoms with Gasteiger partial charge < -0.3 is 19.0 Å². The summed E-state index contributed by atoms with van der Waals surface area (Å²) in [6, 6.07) is 4.04. The van der Waals surface area contributed by atoms with Crippen molar-refractivity contribution < 1.29 is 19.0 Å². The molecule has 0 aliphatic carbocycles. The van der Waals surface area contributed by atoms with Crippen LogP contribution in [0.4, 0.5) is 0 Å². The van der Waals surface area contributed by atoms with Crippen molar-refractivity contribution in [2.24, 2.45) is 5.16 Å². The van der Waals surface area contributed by atoms with Gasteiger partial charge in [0.05, 0.1) is 19.4 Å². The first-order valence-electron chi connectivity index (χ1n) is 10.5. The SMILES string of the molecule is CCc1cc(OCC=C(Cl)Cl)cc(CC)c1OCCCCOC/C=N/OC(C)(C)C. The van der Waals surface area contributed by atoms with Crippen LogP contribution in [0, 0.1) is 0 Å². The standard InChI is InChI=1S/C23H35Cl2NO4/c1-6-18-16-20(28-14-10-21(24)25)17-19(7-2)22(18)29-13-9-8-12-27-15-11-26-30-23(3,4)5/h10-11,16-17H,6-9,12-15H2,1-5H3/b26-11+. The minimum Gasteiger partial charge on any atom is -0.493 e. The lowest BCUT2D eigenvalue weighted by atomic mass is 10.0. The van der Waals surface area contributed by atoms with Crippen LogP contribution in [0.3, 0.4) is 0 Å². The van der Waals surface area contributed by atoms with Gasteiger partial charge in [-0.15, -0.1) is 0 Å². The van der Waals surface area contributed by atoms with E-state index in [0.717, 1.165) is 48.3 Å². The van der Waals surface area contributed by atoms with E-state index in [4.69, 9.17) is 42.3 Å². The molecule has 0 atom stereocenters. The van der Waals surface area contributed by atoms with E-state index in [2.05, 4.69) is 19.0 Å². The van der Waals surface area contributed by atoms with Crippen molar-refractivity contribution in [3.63, 3.8) is 0 Å². The van der Waals surface area contributed by atoms with Crippen LogP contribution in [0.5, 0.6) is 11.5 Å². The first-order valence-corrected chi connectivity index (χ1v) is 11.2. The minimum absolute atomic E-state index is 0.205. The van der Waals surface area contributed by atoms with Crippen LogP contribution in [0.15, 0.2) is 27.9 Å². The summed E-state index contributed by atoms with van der Waals surface area (Å²) < 4.78 is 17.6. The molecule has 0 unspecified atom stereocenters. The Kier molecular flexibility index (Phi) is 12.9. The Hall–Kier alpha value is -1.43. The molecule has 1 aromatic carbocycles. The second-order valence-electron chi connectivity index (χ2n) is 7.70. The van der Waals surface area contributed by atoms with Crippen LogP contribution < -0.4 is 9.47 Å². The molecule has 1 rings (SSSR count). The monoisotopic (exact) mass is 459 g/mol. The summed E-state index contributed by atoms with van der Waals surface area (Å²) in [5.41, 5.74) is 2.00. The molecule has 30 heavy (non-hydrogen) atoms. The van der Waals surface area contributed by atoms with Gasteiger partial charge in [0.15, 0.2) is 0 Å². The van der Waals surface area contributed by atoms with Crippen LogP contribution in [0.2, 0.25) is 0 Å². The predicted molar refractivity (Wildman–Crippen MR) is 125 cm³/mol. The Morgan fingerprint density at radius 2 is 1.60 bits per heavy atom. The van der Waals surface area contributed by atoms with Gasteiger partial charge in [-0.05, 0) is 75.8 Å². The van der Waals surface area contributed by atoms with Gasteiger partial charge in [0.1, 0.15) is 28.2 Å². The Morgan fingerprint density at radius 3 is 2.17 bits per heavy atom. The number of benzene rings is 1. The number of oxime groups is 1. The van der Waals surface area contributed by atoms with E-state index in [0.29, 0.717) is 26.4 Å². The fraction of sp³-hybridized carbons (Fsp3) is 0.609. The summed E-state index contributed by atoms with van der Waals surface area (Å²) in [4.78, 5) is 5.25. The fourth-order valence-electron chi connectivity index (χ4n) is 2.56. The number of ether oxygens (including phenoxy) is 3. The number of rotatable bonds is 14. The largest absolute Gasteiger partial charge is 0.493 e. The topological polar surface area (TPSA) is 49.3 Å². The smallest absolute Gasteiger partial charge is 0.129 e. The lowest BCUT2D eigenvalue weighted by Gasteiger charge is -2.17. The van der Waals surface area contributed by atoms with Crippen LogP contribution in [-0.4, -0.2) is 38.2 Å². The maximum Gasteiger partial charge on any atom is 0.129 e. The van der Waals surface area contributed by atoms with Crippen molar-refractivity contribution in [1.82, 2.24) is 0 Å². The highest BCUT2D eigenvalue weighted by Crippen LogP contribution is 2.31. The Morgan fingerprint density at radius 1 is 0.967 bits per heavy atom. The summed E-state index contributed by atoms with van der Waals surface area (Å²) in [5.74, 6) is 1.76. The van der Waals surface area contributed by atoms with Gasteiger partial charge in [-0.3, -0.25) is 0 Å². The third-order valence-corrected chi connectivity index (χ3v) is 4.30. The van der Waals surface area contributed by atoms with Gasteiger partial charge in [-0.1, -0.05) is 42.2 Å². The minimum atomic E-state index is -0.276. The highest BCUT2D eigenvalue weighted by atomic mass is 35.5. The van der Waals surface area contributed by atoms with E-state index >= 15 is 0 Å². The number of nitrogens with zero attached hydrogens (tertiary/aromatic N) is 1. The van der Waals surface area contributed by atoms with Gasteiger partial charge in [-0.2, -0.15) is 0 Å². The second-order valence-corrected chi connectivity index (χ2v) is 8.71.